The predicted molar refractivity (Wildman–Crippen MR) is 88.0 cm³/mol. The number of carbonyl (C=O) groups excluding carboxylic acids is 1. The molecule has 1 aliphatic heterocycles. The van der Waals surface area contributed by atoms with E-state index in [9.17, 15) is 4.79 Å². The number of rotatable bonds is 5. The molecule has 1 aromatic rings. The molecule has 3 nitrogen and oxygen atoms in total. The molecule has 1 aliphatic rings. The van der Waals surface area contributed by atoms with E-state index >= 15 is 0 Å². The van der Waals surface area contributed by atoms with E-state index in [1.54, 1.807) is 0 Å². The van der Waals surface area contributed by atoms with Gasteiger partial charge >= 0.3 is 0 Å². The Balaban J connectivity index is 2.12. The van der Waals surface area contributed by atoms with Crippen molar-refractivity contribution in [1.82, 2.24) is 9.80 Å². The van der Waals surface area contributed by atoms with Gasteiger partial charge in [-0.2, -0.15) is 0 Å². The Morgan fingerprint density at radius 1 is 1.14 bits per heavy atom. The second kappa shape index (κ2) is 7.39. The third-order valence-corrected chi connectivity index (χ3v) is 4.47. The fourth-order valence-corrected chi connectivity index (χ4v) is 2.87. The first-order chi connectivity index (χ1) is 9.97. The third kappa shape index (κ3) is 4.53. The van der Waals surface area contributed by atoms with E-state index in [2.05, 4.69) is 16.8 Å². The zero-order valence-corrected chi connectivity index (χ0v) is 13.9. The molecule has 0 saturated carbocycles. The van der Waals surface area contributed by atoms with Crippen LogP contribution in [0.1, 0.15) is 25.3 Å². The average molecular weight is 309 g/mol. The minimum atomic E-state index is -0.0503. The summed E-state index contributed by atoms with van der Waals surface area (Å²) in [6.07, 6.45) is 0. The standard InChI is InChI=1S/C17H25ClN2O/c1-13(2)17(21)16(14-4-6-15(18)7-5-14)12-20-10-8-19(3)9-11-20/h4-7,13,16H,8-12H2,1-3H3/t16-/m1/s1. The van der Waals surface area contributed by atoms with Gasteiger partial charge in [-0.25, -0.2) is 0 Å². The molecule has 0 unspecified atom stereocenters. The maximum absolute atomic E-state index is 12.6. The van der Waals surface area contributed by atoms with Crippen LogP contribution in [-0.2, 0) is 4.79 Å². The number of nitrogens with zero attached hydrogens (tertiary/aromatic N) is 2. The first kappa shape index (κ1) is 16.5. The van der Waals surface area contributed by atoms with E-state index in [0.29, 0.717) is 10.8 Å². The van der Waals surface area contributed by atoms with Crippen LogP contribution in [0.25, 0.3) is 0 Å². The highest BCUT2D eigenvalue weighted by molar-refractivity contribution is 6.30. The first-order valence-electron chi connectivity index (χ1n) is 7.67. The van der Waals surface area contributed by atoms with Gasteiger partial charge in [-0.05, 0) is 24.7 Å². The molecule has 4 heteroatoms. The molecule has 0 aliphatic carbocycles. The summed E-state index contributed by atoms with van der Waals surface area (Å²) in [6.45, 7) is 8.99. The molecule has 1 fully saturated rings. The first-order valence-corrected chi connectivity index (χ1v) is 8.05. The van der Waals surface area contributed by atoms with Crippen LogP contribution in [0.2, 0.25) is 5.02 Å². The summed E-state index contributed by atoms with van der Waals surface area (Å²) in [5, 5.41) is 0.717. The summed E-state index contributed by atoms with van der Waals surface area (Å²) in [7, 11) is 2.15. The van der Waals surface area contributed by atoms with Crippen LogP contribution < -0.4 is 0 Å². The number of hydrogen-bond acceptors (Lipinski definition) is 3. The summed E-state index contributed by atoms with van der Waals surface area (Å²) in [6, 6.07) is 7.73. The highest BCUT2D eigenvalue weighted by Gasteiger charge is 2.26. The largest absolute Gasteiger partial charge is 0.304 e. The summed E-state index contributed by atoms with van der Waals surface area (Å²) < 4.78 is 0. The van der Waals surface area contributed by atoms with Crippen molar-refractivity contribution >= 4 is 17.4 Å². The lowest BCUT2D eigenvalue weighted by Crippen LogP contribution is -2.46. The van der Waals surface area contributed by atoms with Crippen LogP contribution in [0.3, 0.4) is 0 Å². The molecule has 2 rings (SSSR count). The maximum Gasteiger partial charge on any atom is 0.144 e. The van der Waals surface area contributed by atoms with Crippen molar-refractivity contribution in [2.45, 2.75) is 19.8 Å². The highest BCUT2D eigenvalue weighted by Crippen LogP contribution is 2.24. The van der Waals surface area contributed by atoms with Crippen LogP contribution in [0.15, 0.2) is 24.3 Å². The van der Waals surface area contributed by atoms with Gasteiger partial charge in [0.1, 0.15) is 5.78 Å². The summed E-state index contributed by atoms with van der Waals surface area (Å²) in [4.78, 5) is 17.3. The fraction of sp³-hybridized carbons (Fsp3) is 0.588. The van der Waals surface area contributed by atoms with Crippen molar-refractivity contribution in [2.24, 2.45) is 5.92 Å². The lowest BCUT2D eigenvalue weighted by molar-refractivity contribution is -0.123. The number of hydrogen-bond donors (Lipinski definition) is 0. The van der Waals surface area contributed by atoms with Gasteiger partial charge in [-0.3, -0.25) is 9.69 Å². The molecule has 1 heterocycles. The van der Waals surface area contributed by atoms with E-state index in [1.807, 2.05) is 38.1 Å². The van der Waals surface area contributed by atoms with Gasteiger partial charge < -0.3 is 4.90 Å². The van der Waals surface area contributed by atoms with E-state index in [4.69, 9.17) is 11.6 Å². The van der Waals surface area contributed by atoms with Gasteiger partial charge in [0.15, 0.2) is 0 Å². The lowest BCUT2D eigenvalue weighted by atomic mass is 9.88. The Hall–Kier alpha value is -0.900. The maximum atomic E-state index is 12.6. The number of likely N-dealkylation sites (N-methyl/N-ethyl adjacent to an activating group) is 1. The second-order valence-electron chi connectivity index (χ2n) is 6.27. The van der Waals surface area contributed by atoms with Gasteiger partial charge in [-0.15, -0.1) is 0 Å². The van der Waals surface area contributed by atoms with Crippen LogP contribution in [0.4, 0.5) is 0 Å². The van der Waals surface area contributed by atoms with Crippen molar-refractivity contribution < 1.29 is 4.79 Å². The third-order valence-electron chi connectivity index (χ3n) is 4.22. The Kier molecular flexibility index (Phi) is 5.80. The molecule has 0 aromatic heterocycles. The number of benzene rings is 1. The Morgan fingerprint density at radius 2 is 1.71 bits per heavy atom. The topological polar surface area (TPSA) is 23.6 Å². The molecule has 1 aromatic carbocycles. The molecule has 1 atom stereocenters. The molecule has 116 valence electrons. The molecular formula is C17H25ClN2O. The quantitative estimate of drug-likeness (QED) is 0.835. The number of carbonyl (C=O) groups is 1. The van der Waals surface area contributed by atoms with Crippen molar-refractivity contribution in [3.63, 3.8) is 0 Å². The highest BCUT2D eigenvalue weighted by atomic mass is 35.5. The molecule has 0 amide bonds. The molecule has 0 N–H and O–H groups in total. The predicted octanol–water partition coefficient (Wildman–Crippen LogP) is 2.90. The minimum Gasteiger partial charge on any atom is -0.304 e. The molecular weight excluding hydrogens is 284 g/mol. The van der Waals surface area contributed by atoms with Crippen LogP contribution in [0, 0.1) is 5.92 Å². The summed E-state index contributed by atoms with van der Waals surface area (Å²) >= 11 is 5.97. The van der Waals surface area contributed by atoms with Crippen molar-refractivity contribution in [1.29, 1.82) is 0 Å². The Labute approximate surface area is 132 Å². The lowest BCUT2D eigenvalue weighted by Gasteiger charge is -2.34. The second-order valence-corrected chi connectivity index (χ2v) is 6.70. The normalized spacial score (nSPS) is 18.9. The molecule has 0 spiro atoms. The zero-order valence-electron chi connectivity index (χ0n) is 13.2. The molecule has 21 heavy (non-hydrogen) atoms. The van der Waals surface area contributed by atoms with Crippen LogP contribution >= 0.6 is 11.6 Å². The van der Waals surface area contributed by atoms with Crippen LogP contribution in [0.5, 0.6) is 0 Å². The minimum absolute atomic E-state index is 0.0503. The molecule has 0 radical (unpaired) electrons. The van der Waals surface area contributed by atoms with E-state index in [0.717, 1.165) is 38.3 Å². The molecule has 1 saturated heterocycles. The summed E-state index contributed by atoms with van der Waals surface area (Å²) in [5.74, 6) is 0.320. The number of piperazine rings is 1. The zero-order chi connectivity index (χ0) is 15.4. The van der Waals surface area contributed by atoms with Crippen molar-refractivity contribution in [3.8, 4) is 0 Å². The number of ketones is 1. The SMILES string of the molecule is CC(C)C(=O)[C@H](CN1CCN(C)CC1)c1ccc(Cl)cc1. The van der Waals surface area contributed by atoms with Crippen molar-refractivity contribution in [2.75, 3.05) is 39.8 Å². The Bertz CT molecular complexity index is 464. The van der Waals surface area contributed by atoms with Crippen molar-refractivity contribution in [3.05, 3.63) is 34.9 Å². The fourth-order valence-electron chi connectivity index (χ4n) is 2.75. The average Bonchev–Trinajstić information content (AvgIpc) is 2.47. The number of halogens is 1. The van der Waals surface area contributed by atoms with Gasteiger partial charge in [0, 0.05) is 43.7 Å². The van der Waals surface area contributed by atoms with E-state index < -0.39 is 0 Å². The van der Waals surface area contributed by atoms with E-state index in [1.165, 1.54) is 0 Å². The van der Waals surface area contributed by atoms with E-state index in [-0.39, 0.29) is 11.8 Å². The smallest absolute Gasteiger partial charge is 0.144 e. The van der Waals surface area contributed by atoms with Gasteiger partial charge in [-0.1, -0.05) is 37.6 Å². The monoisotopic (exact) mass is 308 g/mol. The van der Waals surface area contributed by atoms with Gasteiger partial charge in [0.2, 0.25) is 0 Å². The summed E-state index contributed by atoms with van der Waals surface area (Å²) in [5.41, 5.74) is 1.08. The van der Waals surface area contributed by atoms with Gasteiger partial charge in [0.05, 0.1) is 5.92 Å². The molecule has 0 bridgehead atoms. The number of Topliss-reactive ketones (excluding diaryl/α,β-unsaturated/α-hetero) is 1. The Morgan fingerprint density at radius 3 is 2.24 bits per heavy atom. The van der Waals surface area contributed by atoms with Crippen LogP contribution in [-0.4, -0.2) is 55.4 Å². The van der Waals surface area contributed by atoms with Gasteiger partial charge in [0.25, 0.3) is 0 Å².